The molecule has 2 rings (SSSR count). The van der Waals surface area contributed by atoms with Crippen LogP contribution in [0.1, 0.15) is 52.8 Å². The molecule has 0 saturated carbocycles. The SMILES string of the molecule is CC(C)N1CC[C@H](C)C1.CC(C)c1ncnn1C. The Bertz CT molecular complexity index is 343. The van der Waals surface area contributed by atoms with Gasteiger partial charge in [0, 0.05) is 25.6 Å². The van der Waals surface area contributed by atoms with Crippen molar-refractivity contribution in [1.29, 1.82) is 0 Å². The molecule has 0 aromatic carbocycles. The third kappa shape index (κ3) is 4.41. The van der Waals surface area contributed by atoms with Crippen LogP contribution in [0.2, 0.25) is 0 Å². The van der Waals surface area contributed by atoms with Gasteiger partial charge in [0.1, 0.15) is 12.2 Å². The van der Waals surface area contributed by atoms with E-state index in [1.54, 1.807) is 11.0 Å². The Morgan fingerprint density at radius 1 is 1.28 bits per heavy atom. The molecule has 0 radical (unpaired) electrons. The van der Waals surface area contributed by atoms with Gasteiger partial charge in [0.2, 0.25) is 0 Å². The number of nitrogens with zero attached hydrogens (tertiary/aromatic N) is 4. The van der Waals surface area contributed by atoms with E-state index in [4.69, 9.17) is 0 Å². The van der Waals surface area contributed by atoms with Gasteiger partial charge in [-0.2, -0.15) is 5.10 Å². The predicted molar refractivity (Wildman–Crippen MR) is 75.6 cm³/mol. The van der Waals surface area contributed by atoms with E-state index in [1.807, 2.05) is 7.05 Å². The van der Waals surface area contributed by atoms with Gasteiger partial charge in [-0.3, -0.25) is 4.68 Å². The molecule has 18 heavy (non-hydrogen) atoms. The smallest absolute Gasteiger partial charge is 0.138 e. The average Bonchev–Trinajstić information content (AvgIpc) is 2.87. The molecular weight excluding hydrogens is 224 g/mol. The fraction of sp³-hybridized carbons (Fsp3) is 0.857. The first-order chi connectivity index (χ1) is 8.41. The van der Waals surface area contributed by atoms with Gasteiger partial charge in [0.15, 0.2) is 0 Å². The first kappa shape index (κ1) is 15.2. The molecule has 4 nitrogen and oxygen atoms in total. The minimum Gasteiger partial charge on any atom is -0.301 e. The van der Waals surface area contributed by atoms with E-state index in [1.165, 1.54) is 19.5 Å². The molecule has 1 aromatic heterocycles. The molecule has 104 valence electrons. The first-order valence-electron chi connectivity index (χ1n) is 6.99. The molecule has 0 bridgehead atoms. The Hall–Kier alpha value is -0.900. The lowest BCUT2D eigenvalue weighted by Crippen LogP contribution is -2.27. The normalized spacial score (nSPS) is 20.3. The lowest BCUT2D eigenvalue weighted by atomic mass is 10.2. The van der Waals surface area contributed by atoms with Crippen LogP contribution in [-0.4, -0.2) is 38.8 Å². The number of hydrogen-bond acceptors (Lipinski definition) is 3. The number of aromatic nitrogens is 3. The third-order valence-corrected chi connectivity index (χ3v) is 3.45. The van der Waals surface area contributed by atoms with Crippen LogP contribution in [0.3, 0.4) is 0 Å². The summed E-state index contributed by atoms with van der Waals surface area (Å²) in [4.78, 5) is 6.61. The summed E-state index contributed by atoms with van der Waals surface area (Å²) >= 11 is 0. The second-order valence-corrected chi connectivity index (χ2v) is 5.88. The molecule has 1 saturated heterocycles. The molecule has 1 aromatic rings. The van der Waals surface area contributed by atoms with Crippen LogP contribution in [0.5, 0.6) is 0 Å². The van der Waals surface area contributed by atoms with Crippen LogP contribution in [0.4, 0.5) is 0 Å². The Morgan fingerprint density at radius 2 is 1.94 bits per heavy atom. The van der Waals surface area contributed by atoms with Crippen LogP contribution >= 0.6 is 0 Å². The summed E-state index contributed by atoms with van der Waals surface area (Å²) in [5.74, 6) is 2.44. The third-order valence-electron chi connectivity index (χ3n) is 3.45. The quantitative estimate of drug-likeness (QED) is 0.811. The van der Waals surface area contributed by atoms with Crippen molar-refractivity contribution < 1.29 is 0 Å². The minimum absolute atomic E-state index is 0.470. The highest BCUT2D eigenvalue weighted by Gasteiger charge is 2.19. The maximum atomic E-state index is 4.07. The highest BCUT2D eigenvalue weighted by molar-refractivity contribution is 4.89. The van der Waals surface area contributed by atoms with Crippen LogP contribution in [0.15, 0.2) is 6.33 Å². The van der Waals surface area contributed by atoms with Gasteiger partial charge in [0.05, 0.1) is 0 Å². The van der Waals surface area contributed by atoms with Crippen molar-refractivity contribution in [2.24, 2.45) is 13.0 Å². The van der Waals surface area contributed by atoms with Crippen molar-refractivity contribution in [2.75, 3.05) is 13.1 Å². The standard InChI is InChI=1S/C8H17N.C6H11N3/c1-7(2)9-5-4-8(3)6-9;1-5(2)6-7-4-8-9(6)3/h7-8H,4-6H2,1-3H3;4-5H,1-3H3/t8-;/m0./s1. The molecule has 0 aliphatic carbocycles. The largest absolute Gasteiger partial charge is 0.301 e. The first-order valence-corrected chi connectivity index (χ1v) is 6.99. The fourth-order valence-electron chi connectivity index (χ4n) is 2.27. The summed E-state index contributed by atoms with van der Waals surface area (Å²) in [7, 11) is 1.91. The number of aryl methyl sites for hydroxylation is 1. The van der Waals surface area contributed by atoms with E-state index in [2.05, 4.69) is 49.6 Å². The van der Waals surface area contributed by atoms with Crippen molar-refractivity contribution in [3.8, 4) is 0 Å². The molecular formula is C14H28N4. The van der Waals surface area contributed by atoms with Gasteiger partial charge in [-0.05, 0) is 32.7 Å². The summed E-state index contributed by atoms with van der Waals surface area (Å²) in [6.45, 7) is 13.7. The number of rotatable bonds is 2. The van der Waals surface area contributed by atoms with Crippen molar-refractivity contribution >= 4 is 0 Å². The van der Waals surface area contributed by atoms with Crippen molar-refractivity contribution in [2.45, 2.75) is 53.0 Å². The zero-order chi connectivity index (χ0) is 13.7. The van der Waals surface area contributed by atoms with Gasteiger partial charge < -0.3 is 4.90 Å². The lowest BCUT2D eigenvalue weighted by molar-refractivity contribution is 0.267. The lowest BCUT2D eigenvalue weighted by Gasteiger charge is -2.19. The van der Waals surface area contributed by atoms with Crippen LogP contribution in [0.25, 0.3) is 0 Å². The van der Waals surface area contributed by atoms with Crippen LogP contribution < -0.4 is 0 Å². The van der Waals surface area contributed by atoms with Gasteiger partial charge in [0.25, 0.3) is 0 Å². The molecule has 0 N–H and O–H groups in total. The maximum absolute atomic E-state index is 4.07. The zero-order valence-electron chi connectivity index (χ0n) is 12.7. The highest BCUT2D eigenvalue weighted by atomic mass is 15.3. The second-order valence-electron chi connectivity index (χ2n) is 5.88. The number of hydrogen-bond donors (Lipinski definition) is 0. The molecule has 1 aliphatic rings. The Balaban J connectivity index is 0.000000180. The van der Waals surface area contributed by atoms with Gasteiger partial charge in [-0.15, -0.1) is 0 Å². The van der Waals surface area contributed by atoms with Gasteiger partial charge in [-0.25, -0.2) is 4.98 Å². The summed E-state index contributed by atoms with van der Waals surface area (Å²) in [5, 5.41) is 3.94. The predicted octanol–water partition coefficient (Wildman–Crippen LogP) is 2.68. The van der Waals surface area contributed by atoms with E-state index < -0.39 is 0 Å². The molecule has 0 spiro atoms. The maximum Gasteiger partial charge on any atom is 0.138 e. The molecule has 4 heteroatoms. The Morgan fingerprint density at radius 3 is 2.17 bits per heavy atom. The molecule has 1 aliphatic heterocycles. The molecule has 2 heterocycles. The van der Waals surface area contributed by atoms with Crippen LogP contribution in [-0.2, 0) is 7.05 Å². The Labute approximate surface area is 111 Å². The topological polar surface area (TPSA) is 34.0 Å². The fourth-order valence-corrected chi connectivity index (χ4v) is 2.27. The van der Waals surface area contributed by atoms with Gasteiger partial charge >= 0.3 is 0 Å². The second kappa shape index (κ2) is 6.88. The summed E-state index contributed by atoms with van der Waals surface area (Å²) in [6, 6.07) is 0.759. The molecule has 1 fully saturated rings. The van der Waals surface area contributed by atoms with E-state index in [9.17, 15) is 0 Å². The summed E-state index contributed by atoms with van der Waals surface area (Å²) < 4.78 is 1.80. The minimum atomic E-state index is 0.470. The summed E-state index contributed by atoms with van der Waals surface area (Å²) in [6.07, 6.45) is 2.98. The number of likely N-dealkylation sites (tertiary alicyclic amines) is 1. The van der Waals surface area contributed by atoms with Crippen LogP contribution in [0, 0.1) is 5.92 Å². The van der Waals surface area contributed by atoms with E-state index in [0.717, 1.165) is 17.8 Å². The van der Waals surface area contributed by atoms with Crippen molar-refractivity contribution in [1.82, 2.24) is 19.7 Å². The Kier molecular flexibility index (Phi) is 5.79. The average molecular weight is 252 g/mol. The summed E-state index contributed by atoms with van der Waals surface area (Å²) in [5.41, 5.74) is 0. The highest BCUT2D eigenvalue weighted by Crippen LogP contribution is 2.16. The van der Waals surface area contributed by atoms with E-state index >= 15 is 0 Å². The van der Waals surface area contributed by atoms with Crippen molar-refractivity contribution in [3.63, 3.8) is 0 Å². The zero-order valence-corrected chi connectivity index (χ0v) is 12.7. The molecule has 1 atom stereocenters. The molecule has 0 unspecified atom stereocenters. The van der Waals surface area contributed by atoms with E-state index in [-0.39, 0.29) is 0 Å². The molecule has 0 amide bonds. The van der Waals surface area contributed by atoms with Crippen molar-refractivity contribution in [3.05, 3.63) is 12.2 Å². The van der Waals surface area contributed by atoms with E-state index in [0.29, 0.717) is 5.92 Å². The monoisotopic (exact) mass is 252 g/mol. The van der Waals surface area contributed by atoms with Gasteiger partial charge in [-0.1, -0.05) is 20.8 Å².